The van der Waals surface area contributed by atoms with Crippen molar-refractivity contribution in [3.63, 3.8) is 0 Å². The van der Waals surface area contributed by atoms with Crippen molar-refractivity contribution in [2.24, 2.45) is 0 Å². The average molecular weight is 261 g/mol. The summed E-state index contributed by atoms with van der Waals surface area (Å²) in [7, 11) is 0. The van der Waals surface area contributed by atoms with Crippen LogP contribution >= 0.6 is 11.6 Å². The molecule has 0 amide bonds. The monoisotopic (exact) mass is 260 g/mol. The lowest BCUT2D eigenvalue weighted by atomic mass is 10.3. The van der Waals surface area contributed by atoms with Crippen molar-refractivity contribution in [1.29, 1.82) is 0 Å². The first kappa shape index (κ1) is 11.0. The van der Waals surface area contributed by atoms with Gasteiger partial charge < -0.3 is 4.57 Å². The molecule has 6 heteroatoms. The molecule has 0 unspecified atom stereocenters. The number of fused-ring (bicyclic) bond motifs is 1. The Morgan fingerprint density at radius 3 is 2.94 bits per heavy atom. The SMILES string of the molecule is O=c1c2ccnn2ccn1Cc1cccnc1Cl. The molecule has 0 aliphatic rings. The molecule has 0 saturated carbocycles. The third kappa shape index (κ3) is 1.78. The molecule has 3 aromatic rings. The molecule has 0 aliphatic carbocycles. The fourth-order valence-corrected chi connectivity index (χ4v) is 1.99. The summed E-state index contributed by atoms with van der Waals surface area (Å²) in [5.41, 5.74) is 1.25. The van der Waals surface area contributed by atoms with E-state index in [1.807, 2.05) is 6.07 Å². The van der Waals surface area contributed by atoms with Gasteiger partial charge in [-0.15, -0.1) is 0 Å². The first-order valence-electron chi connectivity index (χ1n) is 5.38. The highest BCUT2D eigenvalue weighted by Crippen LogP contribution is 2.12. The quantitative estimate of drug-likeness (QED) is 0.658. The number of halogens is 1. The second kappa shape index (κ2) is 4.27. The summed E-state index contributed by atoms with van der Waals surface area (Å²) < 4.78 is 3.13. The Morgan fingerprint density at radius 1 is 1.22 bits per heavy atom. The van der Waals surface area contributed by atoms with Crippen LogP contribution in [0.5, 0.6) is 0 Å². The highest BCUT2D eigenvalue weighted by atomic mass is 35.5. The summed E-state index contributed by atoms with van der Waals surface area (Å²) in [6.07, 6.45) is 6.64. The Balaban J connectivity index is 2.08. The van der Waals surface area contributed by atoms with Crippen LogP contribution in [0.3, 0.4) is 0 Å². The van der Waals surface area contributed by atoms with E-state index >= 15 is 0 Å². The molecule has 18 heavy (non-hydrogen) atoms. The van der Waals surface area contributed by atoms with Crippen LogP contribution in [0.4, 0.5) is 0 Å². The standard InChI is InChI=1S/C12H9ClN4O/c13-11-9(2-1-4-14-11)8-16-6-7-17-10(12(16)18)3-5-15-17/h1-7H,8H2. The number of pyridine rings is 1. The van der Waals surface area contributed by atoms with Crippen LogP contribution in [-0.2, 0) is 6.54 Å². The molecular formula is C12H9ClN4O. The van der Waals surface area contributed by atoms with Crippen molar-refractivity contribution >= 4 is 17.1 Å². The van der Waals surface area contributed by atoms with Gasteiger partial charge in [0.1, 0.15) is 10.7 Å². The van der Waals surface area contributed by atoms with Crippen molar-refractivity contribution in [3.05, 3.63) is 64.1 Å². The molecule has 0 N–H and O–H groups in total. The van der Waals surface area contributed by atoms with E-state index in [4.69, 9.17) is 11.6 Å². The van der Waals surface area contributed by atoms with Crippen molar-refractivity contribution < 1.29 is 0 Å². The van der Waals surface area contributed by atoms with Gasteiger partial charge in [0.2, 0.25) is 0 Å². The van der Waals surface area contributed by atoms with E-state index in [-0.39, 0.29) is 5.56 Å². The van der Waals surface area contributed by atoms with E-state index < -0.39 is 0 Å². The fourth-order valence-electron chi connectivity index (χ4n) is 1.81. The van der Waals surface area contributed by atoms with Crippen LogP contribution in [0, 0.1) is 0 Å². The van der Waals surface area contributed by atoms with Gasteiger partial charge in [0, 0.05) is 24.2 Å². The first-order valence-corrected chi connectivity index (χ1v) is 5.76. The molecule has 0 fully saturated rings. The van der Waals surface area contributed by atoms with Gasteiger partial charge in [0.25, 0.3) is 5.56 Å². The summed E-state index contributed by atoms with van der Waals surface area (Å²) in [4.78, 5) is 16.1. The minimum absolute atomic E-state index is 0.102. The lowest BCUT2D eigenvalue weighted by Gasteiger charge is -2.07. The van der Waals surface area contributed by atoms with Gasteiger partial charge in [-0.05, 0) is 12.1 Å². The van der Waals surface area contributed by atoms with Gasteiger partial charge in [-0.3, -0.25) is 4.79 Å². The third-order valence-corrected chi connectivity index (χ3v) is 3.06. The van der Waals surface area contributed by atoms with Crippen LogP contribution in [-0.4, -0.2) is 19.2 Å². The average Bonchev–Trinajstić information content (AvgIpc) is 2.84. The Labute approximate surface area is 107 Å². The maximum absolute atomic E-state index is 12.1. The largest absolute Gasteiger partial charge is 0.308 e. The van der Waals surface area contributed by atoms with E-state index in [0.717, 1.165) is 5.56 Å². The Kier molecular flexibility index (Phi) is 2.60. The van der Waals surface area contributed by atoms with Gasteiger partial charge in [-0.1, -0.05) is 17.7 Å². The maximum Gasteiger partial charge on any atom is 0.276 e. The second-order valence-corrected chi connectivity index (χ2v) is 4.20. The van der Waals surface area contributed by atoms with E-state index in [1.165, 1.54) is 0 Å². The van der Waals surface area contributed by atoms with Crippen molar-refractivity contribution in [1.82, 2.24) is 19.2 Å². The molecular weight excluding hydrogens is 252 g/mol. The van der Waals surface area contributed by atoms with Gasteiger partial charge in [-0.2, -0.15) is 5.10 Å². The van der Waals surface area contributed by atoms with E-state index in [1.54, 1.807) is 46.0 Å². The second-order valence-electron chi connectivity index (χ2n) is 3.85. The molecule has 3 heterocycles. The molecule has 0 aromatic carbocycles. The predicted molar refractivity (Wildman–Crippen MR) is 67.8 cm³/mol. The van der Waals surface area contributed by atoms with Gasteiger partial charge in [0.15, 0.2) is 0 Å². The Morgan fingerprint density at radius 2 is 2.11 bits per heavy atom. The molecule has 0 saturated heterocycles. The fraction of sp³-hybridized carbons (Fsp3) is 0.0833. The number of hydrogen-bond donors (Lipinski definition) is 0. The predicted octanol–water partition coefficient (Wildman–Crippen LogP) is 1.59. The minimum Gasteiger partial charge on any atom is -0.308 e. The first-order chi connectivity index (χ1) is 8.75. The highest BCUT2D eigenvalue weighted by molar-refractivity contribution is 6.30. The lowest BCUT2D eigenvalue weighted by Crippen LogP contribution is -2.22. The molecule has 0 bridgehead atoms. The maximum atomic E-state index is 12.1. The smallest absolute Gasteiger partial charge is 0.276 e. The van der Waals surface area contributed by atoms with E-state index in [9.17, 15) is 4.79 Å². The summed E-state index contributed by atoms with van der Waals surface area (Å²) in [5, 5.41) is 4.42. The van der Waals surface area contributed by atoms with Gasteiger partial charge in [-0.25, -0.2) is 9.50 Å². The summed E-state index contributed by atoms with van der Waals surface area (Å²) in [6.45, 7) is 0.396. The third-order valence-electron chi connectivity index (χ3n) is 2.72. The Bertz CT molecular complexity index is 762. The molecule has 0 aliphatic heterocycles. The van der Waals surface area contributed by atoms with Crippen LogP contribution in [0.2, 0.25) is 5.15 Å². The highest BCUT2D eigenvalue weighted by Gasteiger charge is 2.06. The zero-order valence-electron chi connectivity index (χ0n) is 9.32. The van der Waals surface area contributed by atoms with E-state index in [2.05, 4.69) is 10.1 Å². The summed E-state index contributed by atoms with van der Waals surface area (Å²) in [5.74, 6) is 0. The van der Waals surface area contributed by atoms with E-state index in [0.29, 0.717) is 17.2 Å². The molecule has 3 rings (SSSR count). The van der Waals surface area contributed by atoms with Crippen LogP contribution in [0.1, 0.15) is 5.56 Å². The van der Waals surface area contributed by atoms with Crippen molar-refractivity contribution in [2.45, 2.75) is 6.54 Å². The van der Waals surface area contributed by atoms with Gasteiger partial charge in [0.05, 0.1) is 12.7 Å². The normalized spacial score (nSPS) is 10.9. The minimum atomic E-state index is -0.102. The van der Waals surface area contributed by atoms with Crippen molar-refractivity contribution in [3.8, 4) is 0 Å². The topological polar surface area (TPSA) is 52.2 Å². The van der Waals surface area contributed by atoms with Crippen LogP contribution in [0.25, 0.3) is 5.52 Å². The summed E-state index contributed by atoms with van der Waals surface area (Å²) in [6, 6.07) is 5.33. The van der Waals surface area contributed by atoms with Crippen LogP contribution < -0.4 is 5.56 Å². The molecule has 3 aromatic heterocycles. The zero-order chi connectivity index (χ0) is 12.5. The Hall–Kier alpha value is -2.14. The van der Waals surface area contributed by atoms with Crippen LogP contribution in [0.15, 0.2) is 47.8 Å². The van der Waals surface area contributed by atoms with Gasteiger partial charge >= 0.3 is 0 Å². The molecule has 5 nitrogen and oxygen atoms in total. The van der Waals surface area contributed by atoms with Crippen molar-refractivity contribution in [2.75, 3.05) is 0 Å². The molecule has 0 spiro atoms. The molecule has 0 radical (unpaired) electrons. The lowest BCUT2D eigenvalue weighted by molar-refractivity contribution is 0.740. The summed E-state index contributed by atoms with van der Waals surface area (Å²) >= 11 is 5.98. The molecule has 90 valence electrons. The zero-order valence-corrected chi connectivity index (χ0v) is 10.1. The number of hydrogen-bond acceptors (Lipinski definition) is 3. The number of rotatable bonds is 2. The number of nitrogens with zero attached hydrogens (tertiary/aromatic N) is 4. The number of aromatic nitrogens is 4. The molecule has 0 atom stereocenters.